The van der Waals surface area contributed by atoms with Crippen LogP contribution in [0.15, 0.2) is 6.20 Å². The molecule has 0 aliphatic rings. The molecule has 1 unspecified atom stereocenters. The summed E-state index contributed by atoms with van der Waals surface area (Å²) in [7, 11) is 0. The van der Waals surface area contributed by atoms with Crippen molar-refractivity contribution < 1.29 is 0 Å². The molecule has 6 heteroatoms. The van der Waals surface area contributed by atoms with E-state index in [4.69, 9.17) is 40.5 Å². The Morgan fingerprint density at radius 2 is 1.94 bits per heavy atom. The van der Waals surface area contributed by atoms with Gasteiger partial charge in [0.2, 0.25) is 0 Å². The predicted octanol–water partition coefficient (Wildman–Crippen LogP) is 4.51. The Balaban J connectivity index is 0.00000225. The van der Waals surface area contributed by atoms with Crippen molar-refractivity contribution in [1.29, 1.82) is 0 Å². The third-order valence-electron chi connectivity index (χ3n) is 2.56. The molecule has 1 heterocycles. The molecule has 0 amide bonds. The van der Waals surface area contributed by atoms with Gasteiger partial charge in [-0.1, -0.05) is 55.1 Å². The van der Waals surface area contributed by atoms with Gasteiger partial charge in [-0.2, -0.15) is 0 Å². The summed E-state index contributed by atoms with van der Waals surface area (Å²) < 4.78 is 0. The van der Waals surface area contributed by atoms with Crippen LogP contribution in [0, 0.1) is 5.92 Å². The maximum atomic E-state index is 6.06. The summed E-state index contributed by atoms with van der Waals surface area (Å²) in [6.45, 7) is 4.11. The van der Waals surface area contributed by atoms with E-state index in [2.05, 4.69) is 11.9 Å². The summed E-state index contributed by atoms with van der Waals surface area (Å²) >= 11 is 17.9. The largest absolute Gasteiger partial charge is 0.324 e. The number of halogens is 4. The SMILES string of the molecule is CCC(C)[C@H](N)c1c(Cl)cnc(Cl)c1Cl.Cl. The Morgan fingerprint density at radius 1 is 1.38 bits per heavy atom. The van der Waals surface area contributed by atoms with Gasteiger partial charge in [0, 0.05) is 17.8 Å². The zero-order valence-electron chi connectivity index (χ0n) is 9.01. The molecule has 0 saturated carbocycles. The van der Waals surface area contributed by atoms with Crippen LogP contribution >= 0.6 is 47.2 Å². The molecule has 0 radical (unpaired) electrons. The van der Waals surface area contributed by atoms with Crippen molar-refractivity contribution >= 4 is 47.2 Å². The van der Waals surface area contributed by atoms with E-state index in [-0.39, 0.29) is 23.6 Å². The smallest absolute Gasteiger partial charge is 0.148 e. The van der Waals surface area contributed by atoms with Crippen LogP contribution in [0.2, 0.25) is 15.2 Å². The Hall–Kier alpha value is 0.270. The van der Waals surface area contributed by atoms with Gasteiger partial charge >= 0.3 is 0 Å². The third kappa shape index (κ3) is 3.38. The normalized spacial score (nSPS) is 14.1. The average molecular weight is 304 g/mol. The lowest BCUT2D eigenvalue weighted by Gasteiger charge is -2.21. The number of nitrogens with two attached hydrogens (primary N) is 1. The maximum absolute atomic E-state index is 6.06. The third-order valence-corrected chi connectivity index (χ3v) is 3.62. The fourth-order valence-electron chi connectivity index (χ4n) is 1.30. The quantitative estimate of drug-likeness (QED) is 0.834. The highest BCUT2D eigenvalue weighted by Gasteiger charge is 2.21. The molecule has 0 aliphatic carbocycles. The molecular formula is C10H14Cl4N2. The van der Waals surface area contributed by atoms with Crippen molar-refractivity contribution in [3.63, 3.8) is 0 Å². The first-order chi connectivity index (χ1) is 6.99. The summed E-state index contributed by atoms with van der Waals surface area (Å²) in [6, 6.07) is -0.213. The van der Waals surface area contributed by atoms with E-state index in [9.17, 15) is 0 Å². The Bertz CT molecular complexity index is 357. The highest BCUT2D eigenvalue weighted by atomic mass is 35.5. The number of nitrogens with zero attached hydrogens (tertiary/aromatic N) is 1. The van der Waals surface area contributed by atoms with Gasteiger partial charge in [0.05, 0.1) is 10.0 Å². The maximum Gasteiger partial charge on any atom is 0.148 e. The first-order valence-electron chi connectivity index (χ1n) is 4.74. The predicted molar refractivity (Wildman–Crippen MR) is 72.9 cm³/mol. The number of hydrogen-bond acceptors (Lipinski definition) is 2. The van der Waals surface area contributed by atoms with Crippen molar-refractivity contribution in [2.45, 2.75) is 26.3 Å². The second-order valence-electron chi connectivity index (χ2n) is 3.54. The number of rotatable bonds is 3. The first kappa shape index (κ1) is 16.3. The molecule has 0 saturated heterocycles. The Kier molecular flexibility index (Phi) is 6.99. The van der Waals surface area contributed by atoms with Gasteiger partial charge in [-0.15, -0.1) is 12.4 Å². The zero-order valence-corrected chi connectivity index (χ0v) is 12.1. The van der Waals surface area contributed by atoms with Crippen molar-refractivity contribution in [2.75, 3.05) is 0 Å². The molecule has 0 aromatic carbocycles. The Morgan fingerprint density at radius 3 is 2.44 bits per heavy atom. The van der Waals surface area contributed by atoms with E-state index in [1.165, 1.54) is 6.20 Å². The fourth-order valence-corrected chi connectivity index (χ4v) is 2.04. The monoisotopic (exact) mass is 302 g/mol. The molecule has 16 heavy (non-hydrogen) atoms. The lowest BCUT2D eigenvalue weighted by atomic mass is 9.94. The van der Waals surface area contributed by atoms with Crippen molar-refractivity contribution in [3.8, 4) is 0 Å². The van der Waals surface area contributed by atoms with Crippen LogP contribution in [0.4, 0.5) is 0 Å². The lowest BCUT2D eigenvalue weighted by Crippen LogP contribution is -2.19. The van der Waals surface area contributed by atoms with Crippen molar-refractivity contribution in [3.05, 3.63) is 27.0 Å². The molecule has 0 spiro atoms. The zero-order chi connectivity index (χ0) is 11.6. The van der Waals surface area contributed by atoms with Crippen molar-refractivity contribution in [1.82, 2.24) is 4.98 Å². The molecule has 1 aromatic heterocycles. The lowest BCUT2D eigenvalue weighted by molar-refractivity contribution is 0.457. The standard InChI is InChI=1S/C10H13Cl3N2.ClH/c1-3-5(2)9(14)7-6(11)4-15-10(13)8(7)12;/h4-5,9H,3,14H2,1-2H3;1H/t5?,9-;/m0./s1. The highest BCUT2D eigenvalue weighted by molar-refractivity contribution is 6.43. The molecule has 2 atom stereocenters. The number of aromatic nitrogens is 1. The highest BCUT2D eigenvalue weighted by Crippen LogP contribution is 2.36. The molecule has 1 rings (SSSR count). The van der Waals surface area contributed by atoms with E-state index in [0.29, 0.717) is 21.5 Å². The van der Waals surface area contributed by atoms with Gasteiger partial charge in [-0.3, -0.25) is 0 Å². The van der Waals surface area contributed by atoms with E-state index in [1.54, 1.807) is 0 Å². The van der Waals surface area contributed by atoms with Gasteiger partial charge in [0.1, 0.15) is 5.15 Å². The second-order valence-corrected chi connectivity index (χ2v) is 4.68. The minimum absolute atomic E-state index is 0. The number of hydrogen-bond donors (Lipinski definition) is 1. The minimum atomic E-state index is -0.213. The van der Waals surface area contributed by atoms with E-state index < -0.39 is 0 Å². The van der Waals surface area contributed by atoms with Crippen LogP contribution in [-0.4, -0.2) is 4.98 Å². The summed E-state index contributed by atoms with van der Waals surface area (Å²) in [5.74, 6) is 0.290. The van der Waals surface area contributed by atoms with Crippen LogP contribution < -0.4 is 5.73 Å². The van der Waals surface area contributed by atoms with Gasteiger partial charge in [-0.25, -0.2) is 4.98 Å². The first-order valence-corrected chi connectivity index (χ1v) is 5.87. The Labute approximate surface area is 117 Å². The van der Waals surface area contributed by atoms with Gasteiger partial charge in [0.15, 0.2) is 0 Å². The van der Waals surface area contributed by atoms with Crippen LogP contribution in [0.1, 0.15) is 31.9 Å². The molecular weight excluding hydrogens is 290 g/mol. The molecule has 2 nitrogen and oxygen atoms in total. The molecule has 0 bridgehead atoms. The van der Waals surface area contributed by atoms with E-state index in [1.807, 2.05) is 6.92 Å². The average Bonchev–Trinajstić information content (AvgIpc) is 2.22. The van der Waals surface area contributed by atoms with Crippen LogP contribution in [-0.2, 0) is 0 Å². The molecule has 0 fully saturated rings. The topological polar surface area (TPSA) is 38.9 Å². The van der Waals surface area contributed by atoms with E-state index in [0.717, 1.165) is 6.42 Å². The molecule has 0 aliphatic heterocycles. The molecule has 1 aromatic rings. The summed E-state index contributed by atoms with van der Waals surface area (Å²) in [4.78, 5) is 3.85. The van der Waals surface area contributed by atoms with Crippen LogP contribution in [0.3, 0.4) is 0 Å². The summed E-state index contributed by atoms with van der Waals surface area (Å²) in [5.41, 5.74) is 6.75. The van der Waals surface area contributed by atoms with Gasteiger partial charge < -0.3 is 5.73 Å². The molecule has 2 N–H and O–H groups in total. The van der Waals surface area contributed by atoms with Gasteiger partial charge in [-0.05, 0) is 5.92 Å². The number of pyridine rings is 1. The fraction of sp³-hybridized carbons (Fsp3) is 0.500. The summed E-state index contributed by atoms with van der Waals surface area (Å²) in [6.07, 6.45) is 2.43. The summed E-state index contributed by atoms with van der Waals surface area (Å²) in [5, 5.41) is 1.07. The van der Waals surface area contributed by atoms with E-state index >= 15 is 0 Å². The second kappa shape index (κ2) is 6.87. The van der Waals surface area contributed by atoms with Crippen LogP contribution in [0.25, 0.3) is 0 Å². The van der Waals surface area contributed by atoms with Crippen molar-refractivity contribution in [2.24, 2.45) is 11.7 Å². The minimum Gasteiger partial charge on any atom is -0.324 e. The van der Waals surface area contributed by atoms with Gasteiger partial charge in [0.25, 0.3) is 0 Å². The molecule has 92 valence electrons. The van der Waals surface area contributed by atoms with Crippen LogP contribution in [0.5, 0.6) is 0 Å².